The molecular weight excluding hydrogens is 342 g/mol. The molecule has 1 amide bonds. The highest BCUT2D eigenvalue weighted by atomic mass is 35.5. The highest BCUT2D eigenvalue weighted by Crippen LogP contribution is 2.25. The zero-order valence-electron chi connectivity index (χ0n) is 13.7. The highest BCUT2D eigenvalue weighted by molar-refractivity contribution is 6.32. The third kappa shape index (κ3) is 4.16. The molecule has 0 saturated carbocycles. The van der Waals surface area contributed by atoms with Crippen molar-refractivity contribution in [2.24, 2.45) is 0 Å². The second-order valence-electron chi connectivity index (χ2n) is 5.50. The summed E-state index contributed by atoms with van der Waals surface area (Å²) in [5, 5.41) is 6.96. The Bertz CT molecular complexity index is 871. The van der Waals surface area contributed by atoms with E-state index in [1.54, 1.807) is 12.1 Å². The Kier molecular flexibility index (Phi) is 5.00. The van der Waals surface area contributed by atoms with Gasteiger partial charge in [-0.1, -0.05) is 29.8 Å². The number of carbonyl (C=O) groups excluding carboxylic acids is 1. The van der Waals surface area contributed by atoms with Crippen molar-refractivity contribution < 1.29 is 14.1 Å². The van der Waals surface area contributed by atoms with Gasteiger partial charge < -0.3 is 9.26 Å². The number of aryl methyl sites for hydroxylation is 2. The van der Waals surface area contributed by atoms with Crippen molar-refractivity contribution in [3.63, 3.8) is 0 Å². The van der Waals surface area contributed by atoms with Crippen LogP contribution in [-0.2, 0) is 4.79 Å². The summed E-state index contributed by atoms with van der Waals surface area (Å²) < 4.78 is 10.6. The predicted molar refractivity (Wildman–Crippen MR) is 94.8 cm³/mol. The van der Waals surface area contributed by atoms with Gasteiger partial charge in [-0.05, 0) is 54.4 Å². The van der Waals surface area contributed by atoms with Crippen LogP contribution in [0, 0.1) is 13.8 Å². The number of halogens is 1. The average Bonchev–Trinajstić information content (AvgIpc) is 3.07. The molecule has 0 unspecified atom stereocenters. The molecule has 7 heteroatoms. The minimum Gasteiger partial charge on any atom is -0.484 e. The number of nitrogens with one attached hydrogen (secondary N) is 1. The molecule has 0 fully saturated rings. The van der Waals surface area contributed by atoms with Gasteiger partial charge in [0.1, 0.15) is 5.75 Å². The number of aromatic nitrogens is 2. The summed E-state index contributed by atoms with van der Waals surface area (Å²) in [6, 6.07) is 12.9. The van der Waals surface area contributed by atoms with Crippen molar-refractivity contribution in [1.82, 2.24) is 10.1 Å². The number of benzene rings is 2. The van der Waals surface area contributed by atoms with Crippen LogP contribution in [0.2, 0.25) is 5.02 Å². The van der Waals surface area contributed by atoms with E-state index in [-0.39, 0.29) is 18.5 Å². The van der Waals surface area contributed by atoms with E-state index >= 15 is 0 Å². The number of carbonyl (C=O) groups is 1. The molecule has 3 rings (SSSR count). The van der Waals surface area contributed by atoms with Crippen LogP contribution < -0.4 is 10.1 Å². The Morgan fingerprint density at radius 1 is 1.20 bits per heavy atom. The molecule has 1 aromatic heterocycles. The van der Waals surface area contributed by atoms with Gasteiger partial charge in [-0.25, -0.2) is 0 Å². The van der Waals surface area contributed by atoms with E-state index in [1.807, 2.05) is 44.2 Å². The Morgan fingerprint density at radius 3 is 2.56 bits per heavy atom. The minimum absolute atomic E-state index is 0.0934. The number of ether oxygens (including phenoxy) is 1. The van der Waals surface area contributed by atoms with E-state index in [4.69, 9.17) is 20.9 Å². The van der Waals surface area contributed by atoms with E-state index in [1.165, 1.54) is 0 Å². The van der Waals surface area contributed by atoms with Gasteiger partial charge >= 0.3 is 0 Å². The fourth-order valence-corrected chi connectivity index (χ4v) is 2.38. The van der Waals surface area contributed by atoms with E-state index < -0.39 is 0 Å². The molecule has 0 saturated heterocycles. The lowest BCUT2D eigenvalue weighted by Gasteiger charge is -2.09. The molecule has 2 aromatic carbocycles. The van der Waals surface area contributed by atoms with Gasteiger partial charge in [-0.2, -0.15) is 4.98 Å². The Hall–Kier alpha value is -2.86. The molecule has 128 valence electrons. The fraction of sp³-hybridized carbons (Fsp3) is 0.167. The van der Waals surface area contributed by atoms with E-state index in [9.17, 15) is 4.79 Å². The van der Waals surface area contributed by atoms with Crippen molar-refractivity contribution in [1.29, 1.82) is 0 Å². The SMILES string of the molecule is Cc1cc(OCC(=O)Nc2noc(-c3ccccc3)n2)cc(C)c1Cl. The summed E-state index contributed by atoms with van der Waals surface area (Å²) in [4.78, 5) is 16.1. The Morgan fingerprint density at radius 2 is 1.88 bits per heavy atom. The maximum Gasteiger partial charge on any atom is 0.270 e. The summed E-state index contributed by atoms with van der Waals surface area (Å²) in [5.41, 5.74) is 2.56. The van der Waals surface area contributed by atoms with Crippen LogP contribution in [0.15, 0.2) is 47.0 Å². The molecular formula is C18H16ClN3O3. The average molecular weight is 358 g/mol. The fourth-order valence-electron chi connectivity index (χ4n) is 2.27. The third-order valence-electron chi connectivity index (χ3n) is 3.48. The standard InChI is InChI=1S/C18H16ClN3O3/c1-11-8-14(9-12(2)16(11)19)24-10-15(23)20-18-21-17(25-22-18)13-6-4-3-5-7-13/h3-9H,10H2,1-2H3,(H,20,22,23). The molecule has 0 aliphatic carbocycles. The zero-order valence-corrected chi connectivity index (χ0v) is 14.5. The molecule has 0 radical (unpaired) electrons. The van der Waals surface area contributed by atoms with Gasteiger partial charge in [0.05, 0.1) is 0 Å². The van der Waals surface area contributed by atoms with Crippen LogP contribution in [0.4, 0.5) is 5.95 Å². The largest absolute Gasteiger partial charge is 0.484 e. The molecule has 1 N–H and O–H groups in total. The van der Waals surface area contributed by atoms with Crippen LogP contribution in [0.5, 0.6) is 5.75 Å². The maximum absolute atomic E-state index is 12.0. The first-order valence-corrected chi connectivity index (χ1v) is 7.99. The molecule has 25 heavy (non-hydrogen) atoms. The number of rotatable bonds is 5. The van der Waals surface area contributed by atoms with E-state index in [2.05, 4.69) is 15.5 Å². The van der Waals surface area contributed by atoms with E-state index in [0.717, 1.165) is 16.7 Å². The molecule has 1 heterocycles. The van der Waals surface area contributed by atoms with Gasteiger partial charge in [0, 0.05) is 10.6 Å². The smallest absolute Gasteiger partial charge is 0.270 e. The van der Waals surface area contributed by atoms with Gasteiger partial charge in [0.25, 0.3) is 17.7 Å². The molecule has 0 spiro atoms. The number of nitrogens with zero attached hydrogens (tertiary/aromatic N) is 2. The number of hydrogen-bond acceptors (Lipinski definition) is 5. The van der Waals surface area contributed by atoms with Gasteiger partial charge in [-0.15, -0.1) is 0 Å². The highest BCUT2D eigenvalue weighted by Gasteiger charge is 2.12. The maximum atomic E-state index is 12.0. The lowest BCUT2D eigenvalue weighted by Crippen LogP contribution is -2.20. The lowest BCUT2D eigenvalue weighted by molar-refractivity contribution is -0.118. The summed E-state index contributed by atoms with van der Waals surface area (Å²) >= 11 is 6.11. The van der Waals surface area contributed by atoms with Crippen molar-refractivity contribution in [3.8, 4) is 17.2 Å². The van der Waals surface area contributed by atoms with E-state index in [0.29, 0.717) is 16.7 Å². The van der Waals surface area contributed by atoms with Crippen LogP contribution in [0.3, 0.4) is 0 Å². The van der Waals surface area contributed by atoms with Crippen LogP contribution in [-0.4, -0.2) is 22.7 Å². The molecule has 3 aromatic rings. The quantitative estimate of drug-likeness (QED) is 0.746. The van der Waals surface area contributed by atoms with Crippen molar-refractivity contribution in [2.75, 3.05) is 11.9 Å². The molecule has 6 nitrogen and oxygen atoms in total. The Balaban J connectivity index is 1.59. The Labute approximate surface area is 149 Å². The second kappa shape index (κ2) is 7.36. The summed E-state index contributed by atoms with van der Waals surface area (Å²) in [6.07, 6.45) is 0. The monoisotopic (exact) mass is 357 g/mol. The van der Waals surface area contributed by atoms with Crippen LogP contribution >= 0.6 is 11.6 Å². The molecule has 0 aliphatic rings. The van der Waals surface area contributed by atoms with Crippen molar-refractivity contribution in [3.05, 3.63) is 58.6 Å². The summed E-state index contributed by atoms with van der Waals surface area (Å²) in [7, 11) is 0. The zero-order chi connectivity index (χ0) is 17.8. The van der Waals surface area contributed by atoms with Gasteiger partial charge in [0.2, 0.25) is 0 Å². The minimum atomic E-state index is -0.384. The molecule has 0 aliphatic heterocycles. The number of amides is 1. The third-order valence-corrected chi connectivity index (χ3v) is 4.07. The number of hydrogen-bond donors (Lipinski definition) is 1. The normalized spacial score (nSPS) is 10.5. The van der Waals surface area contributed by atoms with Crippen molar-refractivity contribution in [2.45, 2.75) is 13.8 Å². The van der Waals surface area contributed by atoms with Gasteiger partial charge in [-0.3, -0.25) is 10.1 Å². The van der Waals surface area contributed by atoms with Crippen LogP contribution in [0.1, 0.15) is 11.1 Å². The molecule has 0 bridgehead atoms. The predicted octanol–water partition coefficient (Wildman–Crippen LogP) is 4.02. The first kappa shape index (κ1) is 17.0. The topological polar surface area (TPSA) is 77.2 Å². The first-order chi connectivity index (χ1) is 12.0. The lowest BCUT2D eigenvalue weighted by atomic mass is 10.1. The number of anilines is 1. The summed E-state index contributed by atoms with van der Waals surface area (Å²) in [6.45, 7) is 3.59. The van der Waals surface area contributed by atoms with Crippen molar-refractivity contribution >= 4 is 23.5 Å². The van der Waals surface area contributed by atoms with Gasteiger partial charge in [0.15, 0.2) is 6.61 Å². The second-order valence-corrected chi connectivity index (χ2v) is 5.88. The first-order valence-electron chi connectivity index (χ1n) is 7.61. The summed E-state index contributed by atoms with van der Waals surface area (Å²) in [5.74, 6) is 0.620. The van der Waals surface area contributed by atoms with Crippen LogP contribution in [0.25, 0.3) is 11.5 Å². The molecule has 0 atom stereocenters.